The van der Waals surface area contributed by atoms with Crippen molar-refractivity contribution >= 4 is 17.3 Å². The first-order valence-electron chi connectivity index (χ1n) is 6.93. The van der Waals surface area contributed by atoms with Crippen LogP contribution < -0.4 is 11.1 Å². The van der Waals surface area contributed by atoms with Gasteiger partial charge in [0.15, 0.2) is 0 Å². The van der Waals surface area contributed by atoms with Crippen molar-refractivity contribution < 1.29 is 4.79 Å². The molecule has 1 aromatic carbocycles. The molecule has 1 fully saturated rings. The molecule has 3 N–H and O–H groups in total. The summed E-state index contributed by atoms with van der Waals surface area (Å²) in [6.07, 6.45) is 8.20. The Balaban J connectivity index is 1.96. The minimum absolute atomic E-state index is 0.134. The molecule has 0 atom stereocenters. The lowest BCUT2D eigenvalue weighted by atomic mass is 9.90. The summed E-state index contributed by atoms with van der Waals surface area (Å²) in [6, 6.07) is 7.44. The summed E-state index contributed by atoms with van der Waals surface area (Å²) in [7, 11) is 0. The van der Waals surface area contributed by atoms with Crippen LogP contribution in [0.5, 0.6) is 0 Å². The van der Waals surface area contributed by atoms with E-state index in [1.165, 1.54) is 32.1 Å². The molecule has 1 aliphatic carbocycles. The largest absolute Gasteiger partial charge is 0.397 e. The maximum Gasteiger partial charge on any atom is 0.227 e. The van der Waals surface area contributed by atoms with Crippen LogP contribution in [0.25, 0.3) is 0 Å². The molecule has 3 nitrogen and oxygen atoms in total. The number of hydrogen-bond donors (Lipinski definition) is 2. The zero-order valence-corrected chi connectivity index (χ0v) is 10.8. The molecular weight excluding hydrogens is 224 g/mol. The van der Waals surface area contributed by atoms with E-state index in [9.17, 15) is 4.79 Å². The molecule has 18 heavy (non-hydrogen) atoms. The molecule has 1 aliphatic rings. The molecule has 0 aromatic heterocycles. The van der Waals surface area contributed by atoms with Gasteiger partial charge in [0.25, 0.3) is 0 Å². The third kappa shape index (κ3) is 3.49. The fourth-order valence-electron chi connectivity index (χ4n) is 2.56. The van der Waals surface area contributed by atoms with Gasteiger partial charge < -0.3 is 11.1 Å². The molecule has 2 rings (SSSR count). The summed E-state index contributed by atoms with van der Waals surface area (Å²) in [6.45, 7) is 0. The van der Waals surface area contributed by atoms with Crippen molar-refractivity contribution in [1.29, 1.82) is 0 Å². The lowest BCUT2D eigenvalue weighted by molar-refractivity contribution is -0.120. The number of nitrogen functional groups attached to an aromatic ring is 1. The van der Waals surface area contributed by atoms with Crippen LogP contribution in [0, 0.1) is 5.92 Å². The Morgan fingerprint density at radius 2 is 1.67 bits per heavy atom. The Morgan fingerprint density at radius 3 is 2.33 bits per heavy atom. The van der Waals surface area contributed by atoms with Crippen molar-refractivity contribution in [3.63, 3.8) is 0 Å². The number of para-hydroxylation sites is 2. The second-order valence-corrected chi connectivity index (χ2v) is 5.12. The number of carbonyl (C=O) groups excluding carboxylic acids is 1. The molecule has 0 unspecified atom stereocenters. The molecule has 0 spiro atoms. The van der Waals surface area contributed by atoms with Gasteiger partial charge in [0.2, 0.25) is 5.91 Å². The fraction of sp³-hybridized carbons (Fsp3) is 0.533. The van der Waals surface area contributed by atoms with E-state index < -0.39 is 0 Å². The molecule has 1 amide bonds. The van der Waals surface area contributed by atoms with Crippen molar-refractivity contribution in [2.75, 3.05) is 11.1 Å². The third-order valence-electron chi connectivity index (χ3n) is 3.69. The van der Waals surface area contributed by atoms with Crippen LogP contribution in [0.4, 0.5) is 11.4 Å². The average Bonchev–Trinajstić information content (AvgIpc) is 2.31. The van der Waals surface area contributed by atoms with Crippen LogP contribution in [0.2, 0.25) is 0 Å². The highest BCUT2D eigenvalue weighted by Gasteiger charge is 2.19. The average molecular weight is 246 g/mol. The maximum absolute atomic E-state index is 12.2. The first-order chi connectivity index (χ1) is 8.77. The Hall–Kier alpha value is -1.51. The van der Waals surface area contributed by atoms with Crippen LogP contribution in [0.1, 0.15) is 44.9 Å². The number of carbonyl (C=O) groups is 1. The maximum atomic E-state index is 12.2. The van der Waals surface area contributed by atoms with Crippen molar-refractivity contribution in [2.45, 2.75) is 44.9 Å². The zero-order chi connectivity index (χ0) is 12.8. The van der Waals surface area contributed by atoms with Crippen LogP contribution >= 0.6 is 0 Å². The topological polar surface area (TPSA) is 55.1 Å². The normalized spacial score (nSPS) is 17.8. The quantitative estimate of drug-likeness (QED) is 0.784. The highest BCUT2D eigenvalue weighted by atomic mass is 16.1. The van der Waals surface area contributed by atoms with E-state index in [0.717, 1.165) is 18.5 Å². The van der Waals surface area contributed by atoms with Crippen LogP contribution in [-0.2, 0) is 4.79 Å². The zero-order valence-electron chi connectivity index (χ0n) is 10.8. The molecule has 0 saturated heterocycles. The predicted octanol–water partition coefficient (Wildman–Crippen LogP) is 3.57. The molecule has 1 saturated carbocycles. The van der Waals surface area contributed by atoms with Crippen molar-refractivity contribution in [3.05, 3.63) is 24.3 Å². The molecule has 0 radical (unpaired) electrons. The van der Waals surface area contributed by atoms with Crippen LogP contribution in [-0.4, -0.2) is 5.91 Å². The Labute approximate surface area is 109 Å². The van der Waals surface area contributed by atoms with E-state index in [2.05, 4.69) is 5.32 Å². The third-order valence-corrected chi connectivity index (χ3v) is 3.69. The van der Waals surface area contributed by atoms with Gasteiger partial charge in [-0.15, -0.1) is 0 Å². The van der Waals surface area contributed by atoms with Crippen LogP contribution in [0.3, 0.4) is 0 Å². The number of hydrogen-bond acceptors (Lipinski definition) is 2. The summed E-state index contributed by atoms with van der Waals surface area (Å²) >= 11 is 0. The number of anilines is 2. The van der Waals surface area contributed by atoms with E-state index in [1.807, 2.05) is 24.3 Å². The number of benzene rings is 1. The molecule has 0 bridgehead atoms. The fourth-order valence-corrected chi connectivity index (χ4v) is 2.56. The highest BCUT2D eigenvalue weighted by molar-refractivity contribution is 5.95. The predicted molar refractivity (Wildman–Crippen MR) is 75.3 cm³/mol. The van der Waals surface area contributed by atoms with Gasteiger partial charge in [0.1, 0.15) is 0 Å². The van der Waals surface area contributed by atoms with E-state index >= 15 is 0 Å². The SMILES string of the molecule is Nc1ccccc1NC(=O)C1CCCCCCC1. The van der Waals surface area contributed by atoms with Gasteiger partial charge in [-0.1, -0.05) is 44.2 Å². The van der Waals surface area contributed by atoms with E-state index in [-0.39, 0.29) is 11.8 Å². The summed E-state index contributed by atoms with van der Waals surface area (Å²) in [5, 5.41) is 2.96. The van der Waals surface area contributed by atoms with Crippen LogP contribution in [0.15, 0.2) is 24.3 Å². The lowest BCUT2D eigenvalue weighted by Gasteiger charge is -2.19. The van der Waals surface area contributed by atoms with Gasteiger partial charge >= 0.3 is 0 Å². The van der Waals surface area contributed by atoms with Gasteiger partial charge in [0, 0.05) is 5.92 Å². The molecule has 3 heteroatoms. The Morgan fingerprint density at radius 1 is 1.06 bits per heavy atom. The number of nitrogens with one attached hydrogen (secondary N) is 1. The number of nitrogens with two attached hydrogens (primary N) is 1. The molecule has 0 heterocycles. The summed E-state index contributed by atoms with van der Waals surface area (Å²) < 4.78 is 0. The van der Waals surface area contributed by atoms with Crippen molar-refractivity contribution in [1.82, 2.24) is 0 Å². The second kappa shape index (κ2) is 6.43. The first kappa shape index (κ1) is 12.9. The van der Waals surface area contributed by atoms with E-state index in [1.54, 1.807) is 0 Å². The van der Waals surface area contributed by atoms with Gasteiger partial charge in [-0.3, -0.25) is 4.79 Å². The van der Waals surface area contributed by atoms with Gasteiger partial charge in [-0.2, -0.15) is 0 Å². The minimum atomic E-state index is 0.134. The Kier molecular flexibility index (Phi) is 4.62. The van der Waals surface area contributed by atoms with Crippen molar-refractivity contribution in [3.8, 4) is 0 Å². The van der Waals surface area contributed by atoms with Gasteiger partial charge in [-0.05, 0) is 25.0 Å². The lowest BCUT2D eigenvalue weighted by Crippen LogP contribution is -2.24. The summed E-state index contributed by atoms with van der Waals surface area (Å²) in [5.74, 6) is 0.291. The molecular formula is C15H22N2O. The highest BCUT2D eigenvalue weighted by Crippen LogP contribution is 2.25. The van der Waals surface area contributed by atoms with E-state index in [0.29, 0.717) is 5.69 Å². The number of amides is 1. The number of rotatable bonds is 2. The summed E-state index contributed by atoms with van der Waals surface area (Å²) in [5.41, 5.74) is 7.22. The summed E-state index contributed by atoms with van der Waals surface area (Å²) in [4.78, 5) is 12.2. The van der Waals surface area contributed by atoms with Gasteiger partial charge in [-0.25, -0.2) is 0 Å². The van der Waals surface area contributed by atoms with Crippen molar-refractivity contribution in [2.24, 2.45) is 5.92 Å². The molecule has 0 aliphatic heterocycles. The monoisotopic (exact) mass is 246 g/mol. The van der Waals surface area contributed by atoms with E-state index in [4.69, 9.17) is 5.73 Å². The molecule has 1 aromatic rings. The Bertz CT molecular complexity index is 395. The van der Waals surface area contributed by atoms with Gasteiger partial charge in [0.05, 0.1) is 11.4 Å². The second-order valence-electron chi connectivity index (χ2n) is 5.12. The smallest absolute Gasteiger partial charge is 0.227 e. The standard InChI is InChI=1S/C15H22N2O/c16-13-10-6-7-11-14(13)17-15(18)12-8-4-2-1-3-5-9-12/h6-7,10-12H,1-5,8-9,16H2,(H,17,18). The molecule has 98 valence electrons. The minimum Gasteiger partial charge on any atom is -0.397 e. The first-order valence-corrected chi connectivity index (χ1v) is 6.93.